The van der Waals surface area contributed by atoms with Gasteiger partial charge in [0.1, 0.15) is 5.00 Å². The first-order valence-corrected chi connectivity index (χ1v) is 10.9. The summed E-state index contributed by atoms with van der Waals surface area (Å²) in [6.45, 7) is 0.455. The molecule has 5 rings (SSSR count). The van der Waals surface area contributed by atoms with Crippen molar-refractivity contribution in [1.29, 1.82) is 0 Å². The first-order chi connectivity index (χ1) is 14.1. The van der Waals surface area contributed by atoms with Crippen LogP contribution in [0.1, 0.15) is 60.7 Å². The molecule has 0 radical (unpaired) electrons. The van der Waals surface area contributed by atoms with Gasteiger partial charge in [-0.2, -0.15) is 4.98 Å². The van der Waals surface area contributed by atoms with Gasteiger partial charge >= 0.3 is 12.2 Å². The number of fused-ring (bicyclic) bond motifs is 1. The molecule has 2 N–H and O–H groups in total. The van der Waals surface area contributed by atoms with Crippen LogP contribution in [0.15, 0.2) is 4.52 Å². The van der Waals surface area contributed by atoms with Gasteiger partial charge in [0, 0.05) is 23.8 Å². The molecular formula is C19H22N4O5S. The van der Waals surface area contributed by atoms with Crippen LogP contribution in [0.2, 0.25) is 0 Å². The second-order valence-corrected chi connectivity index (χ2v) is 8.86. The standard InChI is InChI=1S/C19H22N4O5S/c24-18(23-9-3-6-13(23)27-19(25)26)21-17-14(11-4-1-2-5-12(11)29-17)16-20-15(22-28-16)10-7-8-10/h10,13H,1-9H2,(H,21,24)(H,25,26)/t13-/m0/s1. The summed E-state index contributed by atoms with van der Waals surface area (Å²) in [5, 5.41) is 16.7. The minimum atomic E-state index is -1.37. The number of aryl methyl sites for hydroxylation is 1. The van der Waals surface area contributed by atoms with Crippen LogP contribution in [0, 0.1) is 0 Å². The van der Waals surface area contributed by atoms with Crippen LogP contribution in [-0.2, 0) is 17.6 Å². The molecule has 29 heavy (non-hydrogen) atoms. The maximum absolute atomic E-state index is 12.9. The Bertz CT molecular complexity index is 951. The summed E-state index contributed by atoms with van der Waals surface area (Å²) in [5.74, 6) is 1.59. The molecule has 2 aromatic heterocycles. The molecule has 1 atom stereocenters. The molecule has 1 aliphatic heterocycles. The Kier molecular flexibility index (Phi) is 4.65. The molecule has 2 aromatic rings. The third-order valence-electron chi connectivity index (χ3n) is 5.69. The van der Waals surface area contributed by atoms with Gasteiger partial charge in [0.15, 0.2) is 12.1 Å². The third kappa shape index (κ3) is 3.57. The lowest BCUT2D eigenvalue weighted by Crippen LogP contribution is -2.40. The zero-order valence-electron chi connectivity index (χ0n) is 15.8. The first kappa shape index (κ1) is 18.4. The molecular weight excluding hydrogens is 396 g/mol. The number of ether oxygens (including phenoxy) is 1. The van der Waals surface area contributed by atoms with Gasteiger partial charge < -0.3 is 14.4 Å². The second kappa shape index (κ2) is 7.33. The number of urea groups is 1. The molecule has 9 nitrogen and oxygen atoms in total. The summed E-state index contributed by atoms with van der Waals surface area (Å²) < 4.78 is 10.4. The van der Waals surface area contributed by atoms with E-state index in [0.717, 1.165) is 49.9 Å². The first-order valence-electron chi connectivity index (χ1n) is 10.1. The fraction of sp³-hybridized carbons (Fsp3) is 0.579. The largest absolute Gasteiger partial charge is 0.507 e. The van der Waals surface area contributed by atoms with Crippen LogP contribution >= 0.6 is 11.3 Å². The van der Waals surface area contributed by atoms with Gasteiger partial charge in [0.25, 0.3) is 5.89 Å². The highest BCUT2D eigenvalue weighted by Crippen LogP contribution is 2.45. The molecule has 154 valence electrons. The average molecular weight is 418 g/mol. The van der Waals surface area contributed by atoms with E-state index in [0.29, 0.717) is 36.2 Å². The Balaban J connectivity index is 1.44. The number of amides is 2. The lowest BCUT2D eigenvalue weighted by molar-refractivity contribution is 0.00507. The van der Waals surface area contributed by atoms with E-state index in [1.807, 2.05) is 0 Å². The Hall–Kier alpha value is -2.62. The summed E-state index contributed by atoms with van der Waals surface area (Å²) in [5.41, 5.74) is 2.01. The van der Waals surface area contributed by atoms with Crippen molar-refractivity contribution in [3.05, 3.63) is 16.3 Å². The highest BCUT2D eigenvalue weighted by molar-refractivity contribution is 7.17. The molecule has 2 fully saturated rings. The van der Waals surface area contributed by atoms with Crippen molar-refractivity contribution in [1.82, 2.24) is 15.0 Å². The number of hydrogen-bond donors (Lipinski definition) is 2. The number of hydrogen-bond acceptors (Lipinski definition) is 7. The van der Waals surface area contributed by atoms with E-state index >= 15 is 0 Å². The van der Waals surface area contributed by atoms with Crippen LogP contribution in [0.3, 0.4) is 0 Å². The zero-order valence-corrected chi connectivity index (χ0v) is 16.7. The Morgan fingerprint density at radius 1 is 1.21 bits per heavy atom. The molecule has 1 saturated carbocycles. The fourth-order valence-corrected chi connectivity index (χ4v) is 5.37. The molecule has 0 spiro atoms. The topological polar surface area (TPSA) is 118 Å². The minimum Gasteiger partial charge on any atom is -0.450 e. The van der Waals surface area contributed by atoms with Crippen LogP contribution < -0.4 is 5.32 Å². The molecule has 1 saturated heterocycles. The molecule has 10 heteroatoms. The Labute approximate surface area is 171 Å². The van der Waals surface area contributed by atoms with E-state index in [-0.39, 0.29) is 6.03 Å². The number of nitrogens with zero attached hydrogens (tertiary/aromatic N) is 3. The normalized spacial score (nSPS) is 21.1. The van der Waals surface area contributed by atoms with Gasteiger partial charge in [-0.25, -0.2) is 9.59 Å². The van der Waals surface area contributed by atoms with Crippen LogP contribution in [0.25, 0.3) is 11.5 Å². The molecule has 0 unspecified atom stereocenters. The predicted molar refractivity (Wildman–Crippen MR) is 104 cm³/mol. The van der Waals surface area contributed by atoms with Gasteiger partial charge in [0.05, 0.1) is 5.56 Å². The van der Waals surface area contributed by atoms with E-state index < -0.39 is 12.4 Å². The van der Waals surface area contributed by atoms with E-state index in [9.17, 15) is 9.59 Å². The summed E-state index contributed by atoms with van der Waals surface area (Å²) in [4.78, 5) is 31.1. The number of carboxylic acid groups (broad SMARTS) is 1. The summed E-state index contributed by atoms with van der Waals surface area (Å²) >= 11 is 1.55. The second-order valence-electron chi connectivity index (χ2n) is 7.75. The van der Waals surface area contributed by atoms with Crippen LogP contribution in [0.4, 0.5) is 14.6 Å². The molecule has 0 aromatic carbocycles. The number of thiophene rings is 1. The van der Waals surface area contributed by atoms with Gasteiger partial charge in [0.2, 0.25) is 0 Å². The van der Waals surface area contributed by atoms with Crippen molar-refractivity contribution in [2.45, 2.75) is 63.5 Å². The van der Waals surface area contributed by atoms with Crippen molar-refractivity contribution in [2.24, 2.45) is 0 Å². The number of nitrogens with one attached hydrogen (secondary N) is 1. The zero-order chi connectivity index (χ0) is 20.0. The SMILES string of the molecule is O=C(O)O[C@H]1CCCN1C(=O)Nc1sc2c(c1-c1nc(C3CC3)no1)CCCC2. The molecule has 3 heterocycles. The number of rotatable bonds is 4. The van der Waals surface area contributed by atoms with Gasteiger partial charge in [-0.1, -0.05) is 5.16 Å². The van der Waals surface area contributed by atoms with Crippen LogP contribution in [0.5, 0.6) is 0 Å². The highest BCUT2D eigenvalue weighted by atomic mass is 32.1. The Morgan fingerprint density at radius 2 is 2.03 bits per heavy atom. The maximum atomic E-state index is 12.9. The number of carbonyl (C=O) groups is 2. The third-order valence-corrected chi connectivity index (χ3v) is 6.89. The van der Waals surface area contributed by atoms with Crippen molar-refractivity contribution >= 4 is 28.5 Å². The smallest absolute Gasteiger partial charge is 0.450 e. The van der Waals surface area contributed by atoms with Gasteiger partial charge in [-0.15, -0.1) is 11.3 Å². The van der Waals surface area contributed by atoms with Gasteiger partial charge in [-0.3, -0.25) is 10.2 Å². The predicted octanol–water partition coefficient (Wildman–Crippen LogP) is 4.20. The quantitative estimate of drug-likeness (QED) is 0.714. The number of carbonyl (C=O) groups excluding carboxylic acids is 1. The van der Waals surface area contributed by atoms with Crippen molar-refractivity contribution in [3.63, 3.8) is 0 Å². The highest BCUT2D eigenvalue weighted by Gasteiger charge is 2.35. The van der Waals surface area contributed by atoms with Crippen LogP contribution in [-0.4, -0.2) is 45.1 Å². The number of anilines is 1. The lowest BCUT2D eigenvalue weighted by Gasteiger charge is -2.23. The molecule has 2 aliphatic carbocycles. The van der Waals surface area contributed by atoms with Crippen molar-refractivity contribution in [2.75, 3.05) is 11.9 Å². The molecule has 2 amide bonds. The molecule has 0 bridgehead atoms. The van der Waals surface area contributed by atoms with Gasteiger partial charge in [-0.05, 0) is 50.5 Å². The van der Waals surface area contributed by atoms with Crippen molar-refractivity contribution in [3.8, 4) is 11.5 Å². The number of aromatic nitrogens is 2. The fourth-order valence-electron chi connectivity index (χ4n) is 4.10. The monoisotopic (exact) mass is 418 g/mol. The number of likely N-dealkylation sites (tertiary alicyclic amines) is 1. The van der Waals surface area contributed by atoms with E-state index in [1.165, 1.54) is 15.3 Å². The van der Waals surface area contributed by atoms with E-state index in [2.05, 4.69) is 15.5 Å². The maximum Gasteiger partial charge on any atom is 0.507 e. The molecule has 3 aliphatic rings. The van der Waals surface area contributed by atoms with E-state index in [4.69, 9.17) is 14.4 Å². The lowest BCUT2D eigenvalue weighted by atomic mass is 9.95. The summed E-state index contributed by atoms with van der Waals surface area (Å²) in [6.07, 6.45) is 5.36. The minimum absolute atomic E-state index is 0.365. The van der Waals surface area contributed by atoms with E-state index in [1.54, 1.807) is 11.3 Å². The summed E-state index contributed by atoms with van der Waals surface area (Å²) in [7, 11) is 0. The Morgan fingerprint density at radius 3 is 2.83 bits per heavy atom. The average Bonchev–Trinajstić information content (AvgIpc) is 3.10. The van der Waals surface area contributed by atoms with Crippen molar-refractivity contribution < 1.29 is 24.0 Å². The summed E-state index contributed by atoms with van der Waals surface area (Å²) in [6, 6.07) is -0.365.